The van der Waals surface area contributed by atoms with Crippen molar-refractivity contribution in [1.82, 2.24) is 14.6 Å². The first kappa shape index (κ1) is 26.8. The molecule has 2 aromatic carbocycles. The second-order valence-electron chi connectivity index (χ2n) is 10.6. The van der Waals surface area contributed by atoms with E-state index in [1.807, 2.05) is 50.4 Å². The van der Waals surface area contributed by atoms with Crippen molar-refractivity contribution >= 4 is 21.4 Å². The van der Waals surface area contributed by atoms with E-state index in [1.54, 1.807) is 11.3 Å². The zero-order valence-electron chi connectivity index (χ0n) is 22.1. The summed E-state index contributed by atoms with van der Waals surface area (Å²) >= 11 is 1.58. The standard InChI is InChI=1S/C29H34N4O3S2/c1-19(2)36-27-10-7-21(15-22(27)16-30)29-31-17-28(37-29)25-6-4-5-24-23(25)8-9-26(24)32-38(34,35)14-13-33-12-11-20(3)18-33/h4-7,10,15,17,19-20,26,32H,8-9,11-14,18H2,1-3H3. The first-order valence-electron chi connectivity index (χ1n) is 13.2. The van der Waals surface area contributed by atoms with Gasteiger partial charge in [0.05, 0.1) is 22.3 Å². The lowest BCUT2D eigenvalue weighted by molar-refractivity contribution is 0.242. The molecule has 0 spiro atoms. The van der Waals surface area contributed by atoms with E-state index in [0.717, 1.165) is 58.9 Å². The third-order valence-electron chi connectivity index (χ3n) is 7.26. The Labute approximate surface area is 229 Å². The van der Waals surface area contributed by atoms with Crippen LogP contribution in [0.1, 0.15) is 56.3 Å². The maximum absolute atomic E-state index is 12.9. The third kappa shape index (κ3) is 5.94. The topological polar surface area (TPSA) is 95.3 Å². The highest BCUT2D eigenvalue weighted by molar-refractivity contribution is 7.89. The van der Waals surface area contributed by atoms with Crippen molar-refractivity contribution in [2.45, 2.75) is 52.2 Å². The molecule has 1 fully saturated rings. The van der Waals surface area contributed by atoms with Gasteiger partial charge in [0.2, 0.25) is 10.0 Å². The number of hydrogen-bond donors (Lipinski definition) is 1. The molecule has 1 saturated heterocycles. The molecule has 2 atom stereocenters. The molecule has 1 N–H and O–H groups in total. The van der Waals surface area contributed by atoms with Gasteiger partial charge < -0.3 is 9.64 Å². The average molecular weight is 551 g/mol. The van der Waals surface area contributed by atoms with Crippen molar-refractivity contribution in [2.75, 3.05) is 25.4 Å². The van der Waals surface area contributed by atoms with E-state index in [2.05, 4.69) is 33.7 Å². The van der Waals surface area contributed by atoms with Crippen LogP contribution < -0.4 is 9.46 Å². The van der Waals surface area contributed by atoms with Crippen molar-refractivity contribution in [1.29, 1.82) is 5.26 Å². The van der Waals surface area contributed by atoms with Crippen LogP contribution in [0.5, 0.6) is 5.75 Å². The van der Waals surface area contributed by atoms with E-state index >= 15 is 0 Å². The fraction of sp³-hybridized carbons (Fsp3) is 0.448. The lowest BCUT2D eigenvalue weighted by Crippen LogP contribution is -2.35. The lowest BCUT2D eigenvalue weighted by Gasteiger charge is -2.18. The molecular weight excluding hydrogens is 516 g/mol. The predicted molar refractivity (Wildman–Crippen MR) is 152 cm³/mol. The second kappa shape index (κ2) is 11.1. The average Bonchev–Trinajstić information content (AvgIpc) is 3.63. The summed E-state index contributed by atoms with van der Waals surface area (Å²) in [5.74, 6) is 1.35. The Bertz CT molecular complexity index is 1460. The van der Waals surface area contributed by atoms with Gasteiger partial charge in [-0.1, -0.05) is 25.1 Å². The maximum Gasteiger partial charge on any atom is 0.213 e. The van der Waals surface area contributed by atoms with E-state index in [-0.39, 0.29) is 17.9 Å². The summed E-state index contributed by atoms with van der Waals surface area (Å²) in [6, 6.07) is 13.7. The number of nitrogens with zero attached hydrogens (tertiary/aromatic N) is 3. The van der Waals surface area contributed by atoms with Gasteiger partial charge >= 0.3 is 0 Å². The van der Waals surface area contributed by atoms with Gasteiger partial charge in [-0.05, 0) is 80.5 Å². The molecule has 0 amide bonds. The van der Waals surface area contributed by atoms with E-state index in [4.69, 9.17) is 4.74 Å². The van der Waals surface area contributed by atoms with Crippen LogP contribution in [0.15, 0.2) is 42.6 Å². The van der Waals surface area contributed by atoms with E-state index < -0.39 is 10.0 Å². The first-order valence-corrected chi connectivity index (χ1v) is 15.7. The highest BCUT2D eigenvalue weighted by Crippen LogP contribution is 2.41. The smallest absolute Gasteiger partial charge is 0.213 e. The van der Waals surface area contributed by atoms with Crippen LogP contribution in [-0.2, 0) is 16.4 Å². The number of fused-ring (bicyclic) bond motifs is 1. The highest BCUT2D eigenvalue weighted by atomic mass is 32.2. The Balaban J connectivity index is 1.32. The van der Waals surface area contributed by atoms with Gasteiger partial charge in [0.1, 0.15) is 16.8 Å². The molecular formula is C29H34N4O3S2. The quantitative estimate of drug-likeness (QED) is 0.384. The number of nitrogens with one attached hydrogen (secondary N) is 1. The van der Waals surface area contributed by atoms with Gasteiger partial charge in [0.25, 0.3) is 0 Å². The summed E-state index contributed by atoms with van der Waals surface area (Å²) in [7, 11) is -3.38. The summed E-state index contributed by atoms with van der Waals surface area (Å²) in [4.78, 5) is 7.93. The molecule has 2 heterocycles. The zero-order valence-corrected chi connectivity index (χ0v) is 23.7. The molecule has 1 aromatic heterocycles. The van der Waals surface area contributed by atoms with E-state index in [0.29, 0.717) is 23.8 Å². The number of benzene rings is 2. The van der Waals surface area contributed by atoms with Crippen LogP contribution in [0.2, 0.25) is 0 Å². The van der Waals surface area contributed by atoms with Gasteiger partial charge in [-0.2, -0.15) is 5.26 Å². The van der Waals surface area contributed by atoms with Crippen molar-refractivity contribution in [2.24, 2.45) is 5.92 Å². The zero-order chi connectivity index (χ0) is 26.9. The molecule has 1 aliphatic heterocycles. The van der Waals surface area contributed by atoms with Gasteiger partial charge in [0.15, 0.2) is 0 Å². The Morgan fingerprint density at radius 2 is 2.11 bits per heavy atom. The number of ether oxygens (including phenoxy) is 1. The largest absolute Gasteiger partial charge is 0.490 e. The summed E-state index contributed by atoms with van der Waals surface area (Å²) in [5.41, 5.74) is 4.70. The highest BCUT2D eigenvalue weighted by Gasteiger charge is 2.29. The van der Waals surface area contributed by atoms with Crippen LogP contribution in [-0.4, -0.2) is 49.8 Å². The normalized spacial score (nSPS) is 19.6. The number of likely N-dealkylation sites (tertiary alicyclic amines) is 1. The summed E-state index contributed by atoms with van der Waals surface area (Å²) in [5, 5.41) is 10.4. The second-order valence-corrected chi connectivity index (χ2v) is 13.5. The minimum Gasteiger partial charge on any atom is -0.490 e. The Morgan fingerprint density at radius 1 is 1.26 bits per heavy atom. The van der Waals surface area contributed by atoms with Crippen molar-refractivity contribution in [3.8, 4) is 32.8 Å². The number of thiazole rings is 1. The van der Waals surface area contributed by atoms with Gasteiger partial charge in [-0.25, -0.2) is 18.1 Å². The maximum atomic E-state index is 12.9. The summed E-state index contributed by atoms with van der Waals surface area (Å²) in [6.07, 6.45) is 4.56. The molecule has 38 heavy (non-hydrogen) atoms. The van der Waals surface area contributed by atoms with Crippen molar-refractivity contribution in [3.05, 3.63) is 59.3 Å². The minimum atomic E-state index is -3.38. The van der Waals surface area contributed by atoms with Gasteiger partial charge in [-0.15, -0.1) is 11.3 Å². The Morgan fingerprint density at radius 3 is 2.84 bits per heavy atom. The molecule has 2 aliphatic rings. The number of sulfonamides is 1. The third-order valence-corrected chi connectivity index (χ3v) is 9.70. The Hall–Kier alpha value is -2.77. The lowest BCUT2D eigenvalue weighted by atomic mass is 10.0. The summed E-state index contributed by atoms with van der Waals surface area (Å²) < 4.78 is 34.5. The molecule has 0 bridgehead atoms. The van der Waals surface area contributed by atoms with Gasteiger partial charge in [0, 0.05) is 30.9 Å². The molecule has 9 heteroatoms. The predicted octanol–water partition coefficient (Wildman–Crippen LogP) is 5.38. The Kier molecular flexibility index (Phi) is 7.87. The van der Waals surface area contributed by atoms with Crippen molar-refractivity contribution in [3.63, 3.8) is 0 Å². The van der Waals surface area contributed by atoms with Gasteiger partial charge in [-0.3, -0.25) is 0 Å². The van der Waals surface area contributed by atoms with Crippen LogP contribution in [0.3, 0.4) is 0 Å². The number of hydrogen-bond acceptors (Lipinski definition) is 7. The summed E-state index contributed by atoms with van der Waals surface area (Å²) in [6.45, 7) is 8.64. The van der Waals surface area contributed by atoms with Crippen LogP contribution in [0.4, 0.5) is 0 Å². The first-order chi connectivity index (χ1) is 18.2. The number of rotatable bonds is 9. The fourth-order valence-corrected chi connectivity index (χ4v) is 7.66. The SMILES string of the molecule is CC1CCN(CCS(=O)(=O)NC2CCc3c(-c4cnc(-c5ccc(OC(C)C)c(C#N)c5)s4)cccc32)C1. The van der Waals surface area contributed by atoms with Crippen molar-refractivity contribution < 1.29 is 13.2 Å². The molecule has 0 radical (unpaired) electrons. The molecule has 1 aliphatic carbocycles. The molecule has 7 nitrogen and oxygen atoms in total. The molecule has 200 valence electrons. The number of aromatic nitrogens is 1. The molecule has 3 aromatic rings. The van der Waals surface area contributed by atoms with E-state index in [1.165, 1.54) is 5.56 Å². The monoisotopic (exact) mass is 550 g/mol. The van der Waals surface area contributed by atoms with Crippen LogP contribution in [0, 0.1) is 17.2 Å². The molecule has 0 saturated carbocycles. The van der Waals surface area contributed by atoms with Crippen LogP contribution >= 0.6 is 11.3 Å². The molecule has 2 unspecified atom stereocenters. The van der Waals surface area contributed by atoms with Crippen LogP contribution in [0.25, 0.3) is 21.0 Å². The minimum absolute atomic E-state index is 0.0122. The van der Waals surface area contributed by atoms with E-state index in [9.17, 15) is 13.7 Å². The number of nitriles is 1. The fourth-order valence-electron chi connectivity index (χ4n) is 5.40. The molecule has 5 rings (SSSR count).